The molecule has 108 valence electrons. The Morgan fingerprint density at radius 1 is 1.33 bits per heavy atom. The maximum Gasteiger partial charge on any atom is 0.147 e. The van der Waals surface area contributed by atoms with Gasteiger partial charge in [-0.2, -0.15) is 0 Å². The first-order chi connectivity index (χ1) is 10.3. The first-order valence-corrected chi connectivity index (χ1v) is 8.17. The molecule has 0 bridgehead atoms. The van der Waals surface area contributed by atoms with Crippen LogP contribution >= 0.6 is 11.3 Å². The van der Waals surface area contributed by atoms with E-state index in [0.29, 0.717) is 6.04 Å². The van der Waals surface area contributed by atoms with Crippen LogP contribution in [0.1, 0.15) is 30.8 Å². The van der Waals surface area contributed by atoms with Gasteiger partial charge in [-0.25, -0.2) is 4.98 Å². The van der Waals surface area contributed by atoms with Gasteiger partial charge in [-0.1, -0.05) is 13.0 Å². The van der Waals surface area contributed by atoms with Gasteiger partial charge >= 0.3 is 0 Å². The minimum Gasteiger partial charge on any atom is -0.315 e. The van der Waals surface area contributed by atoms with Crippen molar-refractivity contribution >= 4 is 21.6 Å². The molecule has 3 aromatic rings. The second-order valence-corrected chi connectivity index (χ2v) is 6.30. The lowest BCUT2D eigenvalue weighted by Gasteiger charge is -2.34. The second-order valence-electron chi connectivity index (χ2n) is 5.41. The molecule has 0 saturated heterocycles. The van der Waals surface area contributed by atoms with E-state index >= 15 is 0 Å². The maximum atomic E-state index is 4.44. The summed E-state index contributed by atoms with van der Waals surface area (Å²) in [5.41, 5.74) is 4.37. The fourth-order valence-electron chi connectivity index (χ4n) is 3.14. The van der Waals surface area contributed by atoms with Crippen molar-refractivity contribution in [1.82, 2.24) is 24.6 Å². The second kappa shape index (κ2) is 5.20. The molecule has 0 spiro atoms. The molecule has 0 amide bonds. The van der Waals surface area contributed by atoms with Crippen LogP contribution in [0.4, 0.5) is 0 Å². The molecule has 1 atom stereocenters. The van der Waals surface area contributed by atoms with Gasteiger partial charge in [0.1, 0.15) is 12.2 Å². The molecule has 1 aromatic carbocycles. The summed E-state index contributed by atoms with van der Waals surface area (Å²) in [6.45, 7) is 5.12. The number of hydrogen-bond acceptors (Lipinski definition) is 5. The molecule has 6 heteroatoms. The summed E-state index contributed by atoms with van der Waals surface area (Å²) in [4.78, 5) is 6.94. The zero-order chi connectivity index (χ0) is 14.2. The number of fused-ring (bicyclic) bond motifs is 2. The number of aromatic nitrogens is 4. The molecule has 1 unspecified atom stereocenters. The van der Waals surface area contributed by atoms with E-state index in [0.717, 1.165) is 37.4 Å². The van der Waals surface area contributed by atoms with Gasteiger partial charge in [-0.3, -0.25) is 4.90 Å². The van der Waals surface area contributed by atoms with Gasteiger partial charge in [-0.05, 0) is 24.1 Å². The fourth-order valence-corrected chi connectivity index (χ4v) is 3.80. The zero-order valence-electron chi connectivity index (χ0n) is 11.9. The summed E-state index contributed by atoms with van der Waals surface area (Å²) >= 11 is 1.70. The van der Waals surface area contributed by atoms with Gasteiger partial charge in [0.25, 0.3) is 0 Å². The van der Waals surface area contributed by atoms with Gasteiger partial charge in [0.15, 0.2) is 0 Å². The van der Waals surface area contributed by atoms with Gasteiger partial charge in [0.05, 0.1) is 22.3 Å². The molecule has 3 heterocycles. The third kappa shape index (κ3) is 2.24. The average Bonchev–Trinajstić information content (AvgIpc) is 3.15. The quantitative estimate of drug-likeness (QED) is 0.746. The summed E-state index contributed by atoms with van der Waals surface area (Å²) in [6.07, 6.45) is 2.92. The van der Waals surface area contributed by atoms with Crippen molar-refractivity contribution in [1.29, 1.82) is 0 Å². The van der Waals surface area contributed by atoms with Crippen molar-refractivity contribution in [2.24, 2.45) is 0 Å². The lowest BCUT2D eigenvalue weighted by Crippen LogP contribution is -2.36. The number of nitrogens with zero attached hydrogens (tertiary/aromatic N) is 5. The van der Waals surface area contributed by atoms with Crippen LogP contribution in [-0.2, 0) is 13.1 Å². The number of thiazole rings is 1. The Labute approximate surface area is 127 Å². The molecule has 21 heavy (non-hydrogen) atoms. The molecule has 5 nitrogen and oxygen atoms in total. The highest BCUT2D eigenvalue weighted by Crippen LogP contribution is 2.30. The molecular formula is C15H17N5S. The Kier molecular flexibility index (Phi) is 3.20. The van der Waals surface area contributed by atoms with Crippen molar-refractivity contribution in [2.75, 3.05) is 6.54 Å². The van der Waals surface area contributed by atoms with E-state index in [-0.39, 0.29) is 0 Å². The van der Waals surface area contributed by atoms with Gasteiger partial charge in [0.2, 0.25) is 0 Å². The molecule has 0 aliphatic carbocycles. The van der Waals surface area contributed by atoms with E-state index in [1.165, 1.54) is 10.3 Å². The van der Waals surface area contributed by atoms with Crippen LogP contribution in [0.25, 0.3) is 10.2 Å². The van der Waals surface area contributed by atoms with E-state index in [2.05, 4.69) is 49.8 Å². The van der Waals surface area contributed by atoms with Crippen molar-refractivity contribution in [3.05, 3.63) is 41.4 Å². The first kappa shape index (κ1) is 12.9. The lowest BCUT2D eigenvalue weighted by molar-refractivity contribution is 0.148. The van der Waals surface area contributed by atoms with Crippen molar-refractivity contribution in [3.63, 3.8) is 0 Å². The number of benzene rings is 1. The molecule has 1 aliphatic heterocycles. The van der Waals surface area contributed by atoms with Crippen LogP contribution < -0.4 is 0 Å². The fraction of sp³-hybridized carbons (Fsp3) is 0.400. The summed E-state index contributed by atoms with van der Waals surface area (Å²) in [7, 11) is 0. The summed E-state index contributed by atoms with van der Waals surface area (Å²) in [6, 6.07) is 7.09. The third-order valence-electron chi connectivity index (χ3n) is 4.24. The van der Waals surface area contributed by atoms with E-state index in [1.807, 2.05) is 11.8 Å². The summed E-state index contributed by atoms with van der Waals surface area (Å²) in [5, 5.41) is 8.23. The largest absolute Gasteiger partial charge is 0.315 e. The highest BCUT2D eigenvalue weighted by atomic mass is 32.1. The maximum absolute atomic E-state index is 4.44. The van der Waals surface area contributed by atoms with Gasteiger partial charge < -0.3 is 4.57 Å². The van der Waals surface area contributed by atoms with Gasteiger partial charge in [-0.15, -0.1) is 21.5 Å². The minimum atomic E-state index is 0.418. The Balaban J connectivity index is 1.65. The van der Waals surface area contributed by atoms with E-state index in [1.54, 1.807) is 11.3 Å². The van der Waals surface area contributed by atoms with E-state index in [4.69, 9.17) is 0 Å². The monoisotopic (exact) mass is 299 g/mol. The van der Waals surface area contributed by atoms with E-state index < -0.39 is 0 Å². The lowest BCUT2D eigenvalue weighted by atomic mass is 10.0. The normalized spacial score (nSPS) is 17.0. The Hall–Kier alpha value is -1.79. The summed E-state index contributed by atoms with van der Waals surface area (Å²) in [5.74, 6) is 1.06. The highest BCUT2D eigenvalue weighted by molar-refractivity contribution is 7.16. The molecular weight excluding hydrogens is 282 g/mol. The smallest absolute Gasteiger partial charge is 0.147 e. The van der Waals surface area contributed by atoms with Crippen LogP contribution in [0.2, 0.25) is 0 Å². The van der Waals surface area contributed by atoms with Crippen LogP contribution in [0.3, 0.4) is 0 Å². The Morgan fingerprint density at radius 2 is 2.29 bits per heavy atom. The Bertz CT molecular complexity index is 762. The summed E-state index contributed by atoms with van der Waals surface area (Å²) < 4.78 is 3.40. The molecule has 1 aliphatic rings. The van der Waals surface area contributed by atoms with Gasteiger partial charge in [0, 0.05) is 19.1 Å². The van der Waals surface area contributed by atoms with Crippen molar-refractivity contribution in [2.45, 2.75) is 32.5 Å². The van der Waals surface area contributed by atoms with Crippen molar-refractivity contribution in [3.8, 4) is 0 Å². The SMILES string of the molecule is CCC(c1ccc2scnc2c1)N1CCn2cnnc2C1. The molecule has 0 fully saturated rings. The van der Waals surface area contributed by atoms with Crippen LogP contribution in [-0.4, -0.2) is 31.2 Å². The first-order valence-electron chi connectivity index (χ1n) is 7.29. The molecule has 0 saturated carbocycles. The average molecular weight is 299 g/mol. The number of rotatable bonds is 3. The molecule has 0 radical (unpaired) electrons. The molecule has 0 N–H and O–H groups in total. The minimum absolute atomic E-state index is 0.418. The molecule has 4 rings (SSSR count). The van der Waals surface area contributed by atoms with Crippen LogP contribution in [0.15, 0.2) is 30.0 Å². The highest BCUT2D eigenvalue weighted by Gasteiger charge is 2.24. The third-order valence-corrected chi connectivity index (χ3v) is 5.05. The van der Waals surface area contributed by atoms with Crippen LogP contribution in [0, 0.1) is 0 Å². The predicted octanol–water partition coefficient (Wildman–Crippen LogP) is 2.85. The van der Waals surface area contributed by atoms with E-state index in [9.17, 15) is 0 Å². The topological polar surface area (TPSA) is 46.8 Å². The Morgan fingerprint density at radius 3 is 3.19 bits per heavy atom. The molecule has 2 aromatic heterocycles. The van der Waals surface area contributed by atoms with Crippen molar-refractivity contribution < 1.29 is 0 Å². The predicted molar refractivity (Wildman–Crippen MR) is 83.1 cm³/mol. The standard InChI is InChI=1S/C15H17N5S/c1-2-13(11-3-4-14-12(7-11)16-10-21-14)19-5-6-20-9-17-18-15(20)8-19/h3-4,7,9-10,13H,2,5-6,8H2,1H3. The zero-order valence-corrected chi connectivity index (χ0v) is 12.8. The van der Waals surface area contributed by atoms with Crippen LogP contribution in [0.5, 0.6) is 0 Å². The number of hydrogen-bond donors (Lipinski definition) is 0.